The molecule has 0 saturated carbocycles. The van der Waals surface area contributed by atoms with Crippen molar-refractivity contribution in [1.82, 2.24) is 9.91 Å². The zero-order valence-electron chi connectivity index (χ0n) is 18.6. The Balaban J connectivity index is 1.91. The van der Waals surface area contributed by atoms with Crippen molar-refractivity contribution < 1.29 is 19.1 Å². The van der Waals surface area contributed by atoms with Crippen molar-refractivity contribution in [2.45, 2.75) is 25.8 Å². The summed E-state index contributed by atoms with van der Waals surface area (Å²) in [7, 11) is 3.18. The van der Waals surface area contributed by atoms with Crippen LogP contribution in [-0.4, -0.2) is 61.4 Å². The number of rotatable bonds is 9. The summed E-state index contributed by atoms with van der Waals surface area (Å²) in [4.78, 5) is 27.2. The first kappa shape index (κ1) is 23.8. The summed E-state index contributed by atoms with van der Waals surface area (Å²) in [6.07, 6.45) is 0.828. The van der Waals surface area contributed by atoms with E-state index >= 15 is 0 Å². The summed E-state index contributed by atoms with van der Waals surface area (Å²) in [6, 6.07) is 14.7. The van der Waals surface area contributed by atoms with Crippen LogP contribution in [0.5, 0.6) is 5.75 Å². The van der Waals surface area contributed by atoms with Crippen LogP contribution in [0.25, 0.3) is 0 Å². The fourth-order valence-corrected chi connectivity index (χ4v) is 3.88. The Kier molecular flexibility index (Phi) is 8.25. The standard InChI is InChI=1S/C24H28ClN3O4/c1-4-23(29)27(13-14-31-2)16-24(30)28-22(17-9-11-18(32-3)12-10-17)15-21(26-28)19-7-5-6-8-20(19)25/h5-12,22H,4,13-16H2,1-3H3/t22-/m1/s1. The van der Waals surface area contributed by atoms with Crippen molar-refractivity contribution in [3.05, 3.63) is 64.7 Å². The van der Waals surface area contributed by atoms with Crippen LogP contribution in [0, 0.1) is 0 Å². The van der Waals surface area contributed by atoms with Crippen LogP contribution in [0.15, 0.2) is 53.6 Å². The number of nitrogens with zero attached hydrogens (tertiary/aromatic N) is 3. The molecule has 2 amide bonds. The van der Waals surface area contributed by atoms with E-state index < -0.39 is 0 Å². The Morgan fingerprint density at radius 1 is 1.16 bits per heavy atom. The maximum atomic E-state index is 13.3. The second-order valence-electron chi connectivity index (χ2n) is 7.42. The van der Waals surface area contributed by atoms with Gasteiger partial charge in [0.15, 0.2) is 0 Å². The van der Waals surface area contributed by atoms with Crippen molar-refractivity contribution in [2.75, 3.05) is 33.9 Å². The van der Waals surface area contributed by atoms with E-state index in [4.69, 9.17) is 21.1 Å². The molecule has 2 aromatic rings. The predicted octanol–water partition coefficient (Wildman–Crippen LogP) is 3.91. The minimum atomic E-state index is -0.305. The van der Waals surface area contributed by atoms with E-state index in [2.05, 4.69) is 5.10 Å². The van der Waals surface area contributed by atoms with Gasteiger partial charge in [-0.05, 0) is 23.8 Å². The van der Waals surface area contributed by atoms with Crippen molar-refractivity contribution in [3.63, 3.8) is 0 Å². The topological polar surface area (TPSA) is 71.4 Å². The van der Waals surface area contributed by atoms with Crippen molar-refractivity contribution in [2.24, 2.45) is 5.10 Å². The Bertz CT molecular complexity index is 977. The number of halogens is 1. The Morgan fingerprint density at radius 2 is 1.88 bits per heavy atom. The fourth-order valence-electron chi connectivity index (χ4n) is 3.64. The average molecular weight is 458 g/mol. The Hall–Kier alpha value is -2.90. The quantitative estimate of drug-likeness (QED) is 0.572. The molecule has 1 aliphatic rings. The third kappa shape index (κ3) is 5.47. The van der Waals surface area contributed by atoms with E-state index in [-0.39, 0.29) is 24.4 Å². The molecular formula is C24H28ClN3O4. The largest absolute Gasteiger partial charge is 0.497 e. The van der Waals surface area contributed by atoms with Gasteiger partial charge in [-0.15, -0.1) is 0 Å². The lowest BCUT2D eigenvalue weighted by atomic mass is 9.98. The third-order valence-electron chi connectivity index (χ3n) is 5.40. The Morgan fingerprint density at radius 3 is 2.50 bits per heavy atom. The van der Waals surface area contributed by atoms with Gasteiger partial charge in [0.1, 0.15) is 12.3 Å². The van der Waals surface area contributed by atoms with Crippen LogP contribution < -0.4 is 4.74 Å². The number of methoxy groups -OCH3 is 2. The van der Waals surface area contributed by atoms with Crippen LogP contribution in [0.3, 0.4) is 0 Å². The van der Waals surface area contributed by atoms with Gasteiger partial charge < -0.3 is 14.4 Å². The van der Waals surface area contributed by atoms with E-state index in [1.54, 1.807) is 27.2 Å². The summed E-state index contributed by atoms with van der Waals surface area (Å²) < 4.78 is 10.4. The monoisotopic (exact) mass is 457 g/mol. The number of carbonyl (C=O) groups is 2. The molecule has 0 bridgehead atoms. The second kappa shape index (κ2) is 11.1. The van der Waals surface area contributed by atoms with Gasteiger partial charge in [-0.1, -0.05) is 48.9 Å². The van der Waals surface area contributed by atoms with Crippen molar-refractivity contribution in [3.8, 4) is 5.75 Å². The van der Waals surface area contributed by atoms with Gasteiger partial charge in [-0.2, -0.15) is 5.10 Å². The summed E-state index contributed by atoms with van der Waals surface area (Å²) in [5.74, 6) is 0.368. The number of benzene rings is 2. The third-order valence-corrected chi connectivity index (χ3v) is 5.73. The van der Waals surface area contributed by atoms with Crippen LogP contribution in [0.2, 0.25) is 5.02 Å². The summed E-state index contributed by atoms with van der Waals surface area (Å²) in [6.45, 7) is 2.41. The molecule has 0 unspecified atom stereocenters. The van der Waals surface area contributed by atoms with Crippen LogP contribution in [-0.2, 0) is 14.3 Å². The van der Waals surface area contributed by atoms with E-state index in [0.717, 1.165) is 22.6 Å². The number of hydrogen-bond donors (Lipinski definition) is 0. The van der Waals surface area contributed by atoms with Gasteiger partial charge in [-0.25, -0.2) is 5.01 Å². The SMILES string of the molecule is CCC(=O)N(CCOC)CC(=O)N1N=C(c2ccccc2Cl)C[C@@H]1c1ccc(OC)cc1. The molecule has 0 aromatic heterocycles. The molecule has 1 atom stereocenters. The molecule has 32 heavy (non-hydrogen) atoms. The minimum Gasteiger partial charge on any atom is -0.497 e. The zero-order chi connectivity index (χ0) is 23.1. The van der Waals surface area contributed by atoms with Gasteiger partial charge in [0.2, 0.25) is 5.91 Å². The lowest BCUT2D eigenvalue weighted by molar-refractivity contribution is -0.141. The minimum absolute atomic E-state index is 0.0675. The molecule has 0 radical (unpaired) electrons. The molecule has 2 aromatic carbocycles. The van der Waals surface area contributed by atoms with E-state index in [1.165, 1.54) is 9.91 Å². The lowest BCUT2D eigenvalue weighted by Crippen LogP contribution is -2.42. The summed E-state index contributed by atoms with van der Waals surface area (Å²) in [5.41, 5.74) is 2.45. The lowest BCUT2D eigenvalue weighted by Gasteiger charge is -2.26. The first-order valence-electron chi connectivity index (χ1n) is 10.5. The van der Waals surface area contributed by atoms with Gasteiger partial charge in [0.05, 0.1) is 25.5 Å². The molecular weight excluding hydrogens is 430 g/mol. The van der Waals surface area contributed by atoms with Gasteiger partial charge in [-0.3, -0.25) is 9.59 Å². The zero-order valence-corrected chi connectivity index (χ0v) is 19.3. The summed E-state index contributed by atoms with van der Waals surface area (Å²) in [5, 5.41) is 6.71. The Labute approximate surface area is 193 Å². The first-order valence-corrected chi connectivity index (χ1v) is 10.9. The molecule has 0 saturated heterocycles. The van der Waals surface area contributed by atoms with Crippen LogP contribution >= 0.6 is 11.6 Å². The molecule has 7 nitrogen and oxygen atoms in total. The van der Waals surface area contributed by atoms with Gasteiger partial charge in [0.25, 0.3) is 5.91 Å². The first-order chi connectivity index (χ1) is 15.5. The number of ether oxygens (including phenoxy) is 2. The highest BCUT2D eigenvalue weighted by atomic mass is 35.5. The maximum absolute atomic E-state index is 13.3. The molecule has 170 valence electrons. The molecule has 3 rings (SSSR count). The van der Waals surface area contributed by atoms with Crippen LogP contribution in [0.1, 0.15) is 36.9 Å². The number of hydrazone groups is 1. The molecule has 0 N–H and O–H groups in total. The summed E-state index contributed by atoms with van der Waals surface area (Å²) >= 11 is 6.40. The fraction of sp³-hybridized carbons (Fsp3) is 0.375. The molecule has 0 aliphatic carbocycles. The van der Waals surface area contributed by atoms with Crippen molar-refractivity contribution in [1.29, 1.82) is 0 Å². The maximum Gasteiger partial charge on any atom is 0.262 e. The molecule has 0 fully saturated rings. The highest BCUT2D eigenvalue weighted by Crippen LogP contribution is 2.35. The second-order valence-corrected chi connectivity index (χ2v) is 7.83. The highest BCUT2D eigenvalue weighted by molar-refractivity contribution is 6.34. The number of hydrogen-bond acceptors (Lipinski definition) is 5. The number of carbonyl (C=O) groups excluding carboxylic acids is 2. The smallest absolute Gasteiger partial charge is 0.262 e. The van der Waals surface area contributed by atoms with Gasteiger partial charge >= 0.3 is 0 Å². The molecule has 1 aliphatic heterocycles. The molecule has 0 spiro atoms. The average Bonchev–Trinajstić information content (AvgIpc) is 3.26. The van der Waals surface area contributed by atoms with E-state index in [1.807, 2.05) is 42.5 Å². The highest BCUT2D eigenvalue weighted by Gasteiger charge is 2.34. The molecule has 1 heterocycles. The van der Waals surface area contributed by atoms with E-state index in [0.29, 0.717) is 31.0 Å². The van der Waals surface area contributed by atoms with Crippen molar-refractivity contribution >= 4 is 29.1 Å². The van der Waals surface area contributed by atoms with Crippen LogP contribution in [0.4, 0.5) is 0 Å². The predicted molar refractivity (Wildman–Crippen MR) is 124 cm³/mol. The molecule has 8 heteroatoms. The van der Waals surface area contributed by atoms with E-state index in [9.17, 15) is 9.59 Å². The normalized spacial score (nSPS) is 15.4. The number of amides is 2. The van der Waals surface area contributed by atoms with Gasteiger partial charge in [0, 0.05) is 37.1 Å².